The molecule has 7 heteroatoms. The zero-order chi connectivity index (χ0) is 18.4. The molecule has 0 aliphatic heterocycles. The Bertz CT molecular complexity index is 625. The normalized spacial score (nSPS) is 21.7. The minimum Gasteiger partial charge on any atom is -0.497 e. The molecule has 3 unspecified atom stereocenters. The number of methoxy groups -OCH3 is 1. The molecule has 2 rings (SSSR count). The van der Waals surface area contributed by atoms with Gasteiger partial charge in [0.1, 0.15) is 18.3 Å². The second-order valence-corrected chi connectivity index (χ2v) is 6.36. The lowest BCUT2D eigenvalue weighted by Gasteiger charge is -2.30. The van der Waals surface area contributed by atoms with Gasteiger partial charge in [-0.1, -0.05) is 18.0 Å². The highest BCUT2D eigenvalue weighted by molar-refractivity contribution is 6.31. The van der Waals surface area contributed by atoms with Crippen LogP contribution < -0.4 is 10.1 Å². The number of alkyl halides is 1. The van der Waals surface area contributed by atoms with Gasteiger partial charge in [0.05, 0.1) is 25.8 Å². The summed E-state index contributed by atoms with van der Waals surface area (Å²) >= 11 is 6.18. The van der Waals surface area contributed by atoms with Gasteiger partial charge in [0.2, 0.25) is 0 Å². The van der Waals surface area contributed by atoms with Crippen molar-refractivity contribution in [1.82, 2.24) is 5.32 Å². The van der Waals surface area contributed by atoms with Gasteiger partial charge in [-0.05, 0) is 43.5 Å². The van der Waals surface area contributed by atoms with Gasteiger partial charge in [0, 0.05) is 5.02 Å². The number of rotatable bonds is 7. The topological polar surface area (TPSA) is 64.6 Å². The summed E-state index contributed by atoms with van der Waals surface area (Å²) in [6, 6.07) is 3.60. The first-order chi connectivity index (χ1) is 12.0. The summed E-state index contributed by atoms with van der Waals surface area (Å²) in [7, 11) is 1.51. The average Bonchev–Trinajstić information content (AvgIpc) is 2.61. The number of benzene rings is 1. The zero-order valence-corrected chi connectivity index (χ0v) is 15.1. The summed E-state index contributed by atoms with van der Waals surface area (Å²) in [5.41, 5.74) is 0.523. The molecule has 25 heavy (non-hydrogen) atoms. The van der Waals surface area contributed by atoms with Gasteiger partial charge in [-0.3, -0.25) is 14.9 Å². The third-order valence-corrected chi connectivity index (χ3v) is 4.72. The number of hydrogen-bond donors (Lipinski definition) is 1. The van der Waals surface area contributed by atoms with Gasteiger partial charge in [-0.25, -0.2) is 4.39 Å². The molecular formula is C18H23ClFNO4. The molecule has 1 aliphatic carbocycles. The van der Waals surface area contributed by atoms with Gasteiger partial charge in [0.15, 0.2) is 5.78 Å². The standard InChI is InChI=1S/C18H23ClFNO4/c1-3-25-18(23)12-5-4-6-15(17(12)22)21-16(10-20)13-9-11(24-2)7-8-14(13)19/h7-9,12,15-16,21H,3-6,10H2,1-2H3. The van der Waals surface area contributed by atoms with Crippen LogP contribution >= 0.6 is 11.6 Å². The Morgan fingerprint density at radius 3 is 2.84 bits per heavy atom. The monoisotopic (exact) mass is 371 g/mol. The lowest BCUT2D eigenvalue weighted by atomic mass is 9.84. The molecule has 0 radical (unpaired) electrons. The van der Waals surface area contributed by atoms with Crippen molar-refractivity contribution in [2.75, 3.05) is 20.4 Å². The number of hydrogen-bond acceptors (Lipinski definition) is 5. The van der Waals surface area contributed by atoms with Crippen molar-refractivity contribution in [1.29, 1.82) is 0 Å². The van der Waals surface area contributed by atoms with E-state index in [2.05, 4.69) is 5.32 Å². The number of halogens is 2. The number of Topliss-reactive ketones (excluding diaryl/α,β-unsaturated/α-hetero) is 1. The fourth-order valence-electron chi connectivity index (χ4n) is 3.07. The lowest BCUT2D eigenvalue weighted by molar-refractivity contribution is -0.153. The van der Waals surface area contributed by atoms with E-state index in [-0.39, 0.29) is 12.4 Å². The molecule has 1 N–H and O–H groups in total. The molecular weight excluding hydrogens is 349 g/mol. The second kappa shape index (κ2) is 9.15. The summed E-state index contributed by atoms with van der Waals surface area (Å²) in [5, 5.41) is 3.41. The number of esters is 1. The van der Waals surface area contributed by atoms with Gasteiger partial charge in [0.25, 0.3) is 0 Å². The molecule has 0 bridgehead atoms. The number of ether oxygens (including phenoxy) is 2. The van der Waals surface area contributed by atoms with E-state index < -0.39 is 30.6 Å². The Balaban J connectivity index is 2.15. The number of carbonyl (C=O) groups excluding carboxylic acids is 2. The van der Waals surface area contributed by atoms with Crippen molar-refractivity contribution in [3.05, 3.63) is 28.8 Å². The molecule has 5 nitrogen and oxygen atoms in total. The third-order valence-electron chi connectivity index (χ3n) is 4.38. The SMILES string of the molecule is CCOC(=O)C1CCCC(NC(CF)c2cc(OC)ccc2Cl)C1=O. The second-order valence-electron chi connectivity index (χ2n) is 5.95. The molecule has 1 aromatic carbocycles. The smallest absolute Gasteiger partial charge is 0.316 e. The minimum atomic E-state index is -0.785. The van der Waals surface area contributed by atoms with Crippen LogP contribution in [0.2, 0.25) is 5.02 Å². The van der Waals surface area contributed by atoms with E-state index in [9.17, 15) is 14.0 Å². The van der Waals surface area contributed by atoms with Crippen LogP contribution in [0.5, 0.6) is 5.75 Å². The third kappa shape index (κ3) is 4.70. The van der Waals surface area contributed by atoms with Crippen LogP contribution in [0.15, 0.2) is 18.2 Å². The zero-order valence-electron chi connectivity index (χ0n) is 14.4. The molecule has 0 saturated heterocycles. The predicted octanol–water partition coefficient (Wildman–Crippen LogP) is 3.25. The van der Waals surface area contributed by atoms with Gasteiger partial charge in [-0.15, -0.1) is 0 Å². The molecule has 3 atom stereocenters. The largest absolute Gasteiger partial charge is 0.497 e. The summed E-state index contributed by atoms with van der Waals surface area (Å²) < 4.78 is 23.8. The Kier molecular flexibility index (Phi) is 7.20. The Morgan fingerprint density at radius 2 is 2.20 bits per heavy atom. The molecule has 1 saturated carbocycles. The first-order valence-corrected chi connectivity index (χ1v) is 8.75. The maximum atomic E-state index is 13.7. The van der Waals surface area contributed by atoms with E-state index in [0.29, 0.717) is 35.6 Å². The molecule has 0 aromatic heterocycles. The number of nitrogens with one attached hydrogen (secondary N) is 1. The van der Waals surface area contributed by atoms with E-state index in [4.69, 9.17) is 21.1 Å². The summed E-state index contributed by atoms with van der Waals surface area (Å²) in [4.78, 5) is 24.5. The van der Waals surface area contributed by atoms with E-state index in [1.54, 1.807) is 25.1 Å². The van der Waals surface area contributed by atoms with Crippen LogP contribution in [0, 0.1) is 5.92 Å². The van der Waals surface area contributed by atoms with Crippen LogP contribution in [0.4, 0.5) is 4.39 Å². The molecule has 0 heterocycles. The molecule has 138 valence electrons. The molecule has 0 amide bonds. The number of ketones is 1. The molecule has 1 fully saturated rings. The minimum absolute atomic E-state index is 0.229. The molecule has 1 aliphatic rings. The van der Waals surface area contributed by atoms with Crippen molar-refractivity contribution in [3.63, 3.8) is 0 Å². The fourth-order valence-corrected chi connectivity index (χ4v) is 3.32. The van der Waals surface area contributed by atoms with Crippen LogP contribution in [-0.4, -0.2) is 38.2 Å². The van der Waals surface area contributed by atoms with Crippen LogP contribution in [0.1, 0.15) is 37.8 Å². The highest BCUT2D eigenvalue weighted by Gasteiger charge is 2.37. The van der Waals surface area contributed by atoms with Crippen LogP contribution in [-0.2, 0) is 14.3 Å². The summed E-state index contributed by atoms with van der Waals surface area (Å²) in [6.07, 6.45) is 1.71. The van der Waals surface area contributed by atoms with E-state index in [1.165, 1.54) is 7.11 Å². The summed E-state index contributed by atoms with van der Waals surface area (Å²) in [6.45, 7) is 1.19. The van der Waals surface area contributed by atoms with Crippen LogP contribution in [0.3, 0.4) is 0 Å². The average molecular weight is 372 g/mol. The number of carbonyl (C=O) groups is 2. The lowest BCUT2D eigenvalue weighted by Crippen LogP contribution is -2.47. The van der Waals surface area contributed by atoms with E-state index in [0.717, 1.165) is 0 Å². The van der Waals surface area contributed by atoms with Crippen molar-refractivity contribution in [2.45, 2.75) is 38.3 Å². The van der Waals surface area contributed by atoms with Crippen molar-refractivity contribution in [2.24, 2.45) is 5.92 Å². The highest BCUT2D eigenvalue weighted by Crippen LogP contribution is 2.30. The Morgan fingerprint density at radius 1 is 1.44 bits per heavy atom. The van der Waals surface area contributed by atoms with Gasteiger partial charge >= 0.3 is 5.97 Å². The van der Waals surface area contributed by atoms with Crippen molar-refractivity contribution < 1.29 is 23.5 Å². The Labute approximate surface area is 151 Å². The maximum Gasteiger partial charge on any atom is 0.316 e. The van der Waals surface area contributed by atoms with E-state index in [1.807, 2.05) is 0 Å². The molecule has 1 aromatic rings. The highest BCUT2D eigenvalue weighted by atomic mass is 35.5. The van der Waals surface area contributed by atoms with Gasteiger partial charge in [-0.2, -0.15) is 0 Å². The van der Waals surface area contributed by atoms with Crippen molar-refractivity contribution in [3.8, 4) is 5.75 Å². The van der Waals surface area contributed by atoms with E-state index >= 15 is 0 Å². The van der Waals surface area contributed by atoms with Crippen LogP contribution in [0.25, 0.3) is 0 Å². The quantitative estimate of drug-likeness (QED) is 0.588. The maximum absolute atomic E-state index is 13.7. The van der Waals surface area contributed by atoms with Gasteiger partial charge < -0.3 is 9.47 Å². The first-order valence-electron chi connectivity index (χ1n) is 8.37. The predicted molar refractivity (Wildman–Crippen MR) is 92.6 cm³/mol. The fraction of sp³-hybridized carbons (Fsp3) is 0.556. The summed E-state index contributed by atoms with van der Waals surface area (Å²) in [5.74, 6) is -0.983. The Hall–Kier alpha value is -1.66. The molecule has 0 spiro atoms. The van der Waals surface area contributed by atoms with Crippen molar-refractivity contribution >= 4 is 23.4 Å². The first kappa shape index (κ1) is 19.7.